The molecule has 6 nitrogen and oxygen atoms in total. The van der Waals surface area contributed by atoms with Crippen LogP contribution in [0.1, 0.15) is 27.6 Å². The molecule has 0 fully saturated rings. The first kappa shape index (κ1) is 24.4. The normalized spacial score (nSPS) is 10.7. The van der Waals surface area contributed by atoms with Crippen LogP contribution in [0.15, 0.2) is 83.7 Å². The monoisotopic (exact) mass is 506 g/mol. The number of ether oxygens (including phenoxy) is 1. The van der Waals surface area contributed by atoms with Crippen LogP contribution in [-0.4, -0.2) is 28.1 Å². The number of nitrogens with zero attached hydrogens (tertiary/aromatic N) is 2. The zero-order valence-electron chi connectivity index (χ0n) is 18.7. The van der Waals surface area contributed by atoms with E-state index in [1.54, 1.807) is 31.2 Å². The Kier molecular flexibility index (Phi) is 7.44. The Bertz CT molecular complexity index is 1450. The minimum absolute atomic E-state index is 0.0782. The minimum Gasteiger partial charge on any atom is -0.462 e. The number of hydrogen-bond acceptors (Lipinski definition) is 5. The lowest BCUT2D eigenvalue weighted by molar-refractivity contribution is 0.0523. The molecule has 0 N–H and O–H groups in total. The second-order valence-corrected chi connectivity index (χ2v) is 8.40. The summed E-state index contributed by atoms with van der Waals surface area (Å²) in [5.41, 5.74) is 1.27. The molecule has 0 aliphatic carbocycles. The number of benzene rings is 3. The number of hydrogen-bond donors (Lipinski definition) is 0. The van der Waals surface area contributed by atoms with Gasteiger partial charge >= 0.3 is 5.97 Å². The largest absolute Gasteiger partial charge is 0.462 e. The number of Topliss-reactive ketones (excluding diaryl/α,β-unsaturated/α-hetero) is 1. The number of rotatable bonds is 7. The van der Waals surface area contributed by atoms with Gasteiger partial charge in [0.1, 0.15) is 12.1 Å². The summed E-state index contributed by atoms with van der Waals surface area (Å²) in [6.07, 6.45) is 0. The van der Waals surface area contributed by atoms with Gasteiger partial charge in [0.05, 0.1) is 17.3 Å². The Morgan fingerprint density at radius 3 is 2.14 bits per heavy atom. The molecule has 0 spiro atoms. The van der Waals surface area contributed by atoms with Crippen molar-refractivity contribution in [2.75, 3.05) is 6.61 Å². The van der Waals surface area contributed by atoms with E-state index in [2.05, 4.69) is 5.10 Å². The predicted octanol–water partition coefficient (Wildman–Crippen LogP) is 5.94. The highest BCUT2D eigenvalue weighted by molar-refractivity contribution is 6.36. The fourth-order valence-corrected chi connectivity index (χ4v) is 4.20. The van der Waals surface area contributed by atoms with Gasteiger partial charge in [0.25, 0.3) is 5.56 Å². The molecule has 0 saturated heterocycles. The van der Waals surface area contributed by atoms with Gasteiger partial charge in [-0.05, 0) is 30.7 Å². The van der Waals surface area contributed by atoms with Crippen molar-refractivity contribution in [3.8, 4) is 22.4 Å². The molecule has 4 aromatic rings. The van der Waals surface area contributed by atoms with Gasteiger partial charge in [-0.15, -0.1) is 0 Å². The van der Waals surface area contributed by atoms with Crippen LogP contribution in [0.25, 0.3) is 22.4 Å². The first-order chi connectivity index (χ1) is 16.9. The Hall–Kier alpha value is -3.74. The van der Waals surface area contributed by atoms with Gasteiger partial charge in [0.15, 0.2) is 5.78 Å². The lowest BCUT2D eigenvalue weighted by atomic mass is 9.95. The van der Waals surface area contributed by atoms with Gasteiger partial charge in [-0.3, -0.25) is 9.59 Å². The van der Waals surface area contributed by atoms with E-state index in [9.17, 15) is 14.4 Å². The van der Waals surface area contributed by atoms with Gasteiger partial charge in [-0.2, -0.15) is 5.10 Å². The van der Waals surface area contributed by atoms with Crippen LogP contribution in [0, 0.1) is 0 Å². The van der Waals surface area contributed by atoms with Crippen LogP contribution in [0.4, 0.5) is 0 Å². The van der Waals surface area contributed by atoms with Crippen LogP contribution in [0.3, 0.4) is 0 Å². The third kappa shape index (κ3) is 5.19. The number of ketones is 1. The van der Waals surface area contributed by atoms with Crippen molar-refractivity contribution in [1.82, 2.24) is 9.78 Å². The second-order valence-electron chi connectivity index (χ2n) is 7.56. The average molecular weight is 507 g/mol. The molecule has 8 heteroatoms. The van der Waals surface area contributed by atoms with Gasteiger partial charge in [-0.1, -0.05) is 83.9 Å². The molecular formula is C27H20Cl2N2O4. The Morgan fingerprint density at radius 1 is 0.914 bits per heavy atom. The maximum Gasteiger partial charge on any atom is 0.344 e. The Balaban J connectivity index is 1.96. The summed E-state index contributed by atoms with van der Waals surface area (Å²) in [6.45, 7) is 1.31. The second kappa shape index (κ2) is 10.7. The van der Waals surface area contributed by atoms with Gasteiger partial charge in [0.2, 0.25) is 0 Å². The fourth-order valence-electron chi connectivity index (χ4n) is 3.69. The van der Waals surface area contributed by atoms with Crippen LogP contribution in [-0.2, 0) is 11.3 Å². The van der Waals surface area contributed by atoms with E-state index in [1.807, 2.05) is 36.4 Å². The average Bonchev–Trinajstić information content (AvgIpc) is 2.86. The third-order valence-corrected chi connectivity index (χ3v) is 5.82. The van der Waals surface area contributed by atoms with Gasteiger partial charge < -0.3 is 4.74 Å². The maximum atomic E-state index is 13.6. The van der Waals surface area contributed by atoms with Crippen LogP contribution in [0.2, 0.25) is 10.0 Å². The highest BCUT2D eigenvalue weighted by atomic mass is 35.5. The highest BCUT2D eigenvalue weighted by Gasteiger charge is 2.27. The maximum absolute atomic E-state index is 13.6. The molecule has 0 bridgehead atoms. The molecule has 0 aliphatic rings. The molecule has 176 valence electrons. The lowest BCUT2D eigenvalue weighted by Gasteiger charge is -2.17. The van der Waals surface area contributed by atoms with Gasteiger partial charge in [-0.25, -0.2) is 9.48 Å². The zero-order valence-corrected chi connectivity index (χ0v) is 20.2. The summed E-state index contributed by atoms with van der Waals surface area (Å²) < 4.78 is 6.22. The van der Waals surface area contributed by atoms with E-state index in [0.29, 0.717) is 27.4 Å². The van der Waals surface area contributed by atoms with Crippen LogP contribution < -0.4 is 5.56 Å². The van der Waals surface area contributed by atoms with Crippen molar-refractivity contribution >= 4 is 35.0 Å². The van der Waals surface area contributed by atoms with E-state index in [1.165, 1.54) is 18.2 Å². The fraction of sp³-hybridized carbons (Fsp3) is 0.111. The number of carbonyl (C=O) groups excluding carboxylic acids is 2. The SMILES string of the molecule is CCOC(=O)c1c(-c2ccccc2)c(-c2ccccc2)nn(CC(=O)c2ccc(Cl)cc2Cl)c1=O. The van der Waals surface area contributed by atoms with Crippen molar-refractivity contribution in [3.63, 3.8) is 0 Å². The summed E-state index contributed by atoms with van der Waals surface area (Å²) in [4.78, 5) is 39.7. The molecule has 0 saturated carbocycles. The van der Waals surface area contributed by atoms with Crippen molar-refractivity contribution in [2.45, 2.75) is 13.5 Å². The first-order valence-electron chi connectivity index (χ1n) is 10.8. The number of esters is 1. The van der Waals surface area contributed by atoms with Crippen LogP contribution in [0.5, 0.6) is 0 Å². The standard InChI is InChI=1S/C27H20Cl2N2O4/c1-2-35-27(34)24-23(17-9-5-3-6-10-17)25(18-11-7-4-8-12-18)30-31(26(24)33)16-22(32)20-14-13-19(28)15-21(20)29/h3-15H,2,16H2,1H3. The minimum atomic E-state index is -0.790. The third-order valence-electron chi connectivity index (χ3n) is 5.27. The van der Waals surface area contributed by atoms with E-state index >= 15 is 0 Å². The summed E-state index contributed by atoms with van der Waals surface area (Å²) in [5.74, 6) is -1.25. The summed E-state index contributed by atoms with van der Waals surface area (Å²) in [7, 11) is 0. The van der Waals surface area contributed by atoms with E-state index in [0.717, 1.165) is 4.68 Å². The number of halogens is 2. The molecule has 35 heavy (non-hydrogen) atoms. The molecule has 0 radical (unpaired) electrons. The number of aromatic nitrogens is 2. The molecule has 0 aliphatic heterocycles. The van der Waals surface area contributed by atoms with Crippen molar-refractivity contribution in [1.29, 1.82) is 0 Å². The summed E-state index contributed by atoms with van der Waals surface area (Å²) >= 11 is 12.1. The molecular weight excluding hydrogens is 487 g/mol. The van der Waals surface area contributed by atoms with Gasteiger partial charge in [0, 0.05) is 21.7 Å². The molecule has 3 aromatic carbocycles. The molecule has 0 amide bonds. The van der Waals surface area contributed by atoms with E-state index in [4.69, 9.17) is 27.9 Å². The summed E-state index contributed by atoms with van der Waals surface area (Å²) in [6, 6.07) is 22.6. The first-order valence-corrected chi connectivity index (χ1v) is 11.6. The highest BCUT2D eigenvalue weighted by Crippen LogP contribution is 2.32. The molecule has 4 rings (SSSR count). The smallest absolute Gasteiger partial charge is 0.344 e. The Morgan fingerprint density at radius 2 is 1.54 bits per heavy atom. The molecule has 0 unspecified atom stereocenters. The zero-order chi connectivity index (χ0) is 24.9. The molecule has 1 heterocycles. The predicted molar refractivity (Wildman–Crippen MR) is 136 cm³/mol. The van der Waals surface area contributed by atoms with Crippen LogP contribution >= 0.6 is 23.2 Å². The van der Waals surface area contributed by atoms with Crippen molar-refractivity contribution in [3.05, 3.63) is 110 Å². The number of carbonyl (C=O) groups is 2. The Labute approximate surface area is 211 Å². The molecule has 1 aromatic heterocycles. The van der Waals surface area contributed by atoms with Crippen molar-refractivity contribution < 1.29 is 14.3 Å². The van der Waals surface area contributed by atoms with Crippen molar-refractivity contribution in [2.24, 2.45) is 0 Å². The van der Waals surface area contributed by atoms with E-state index in [-0.39, 0.29) is 22.8 Å². The quantitative estimate of drug-likeness (QED) is 0.228. The molecule has 0 atom stereocenters. The van der Waals surface area contributed by atoms with E-state index < -0.39 is 23.9 Å². The lowest BCUT2D eigenvalue weighted by Crippen LogP contribution is -2.33. The summed E-state index contributed by atoms with van der Waals surface area (Å²) in [5, 5.41) is 5.08. The topological polar surface area (TPSA) is 78.3 Å².